The van der Waals surface area contributed by atoms with Crippen molar-refractivity contribution in [3.05, 3.63) is 107 Å². The Balaban J connectivity index is 1.42. The standard InChI is InChI=1S/C30H27ClF3N3O4/c1-40-24-10-8-23(9-11-24)35-14-15-36-28(38)25(17-19-4-2-7-22(31)16-19)37-29(39)27-13-12-26(41-27)20-5-3-6-21(18-20)30(32,33)34/h2-13,16,18,25,35H,14-15,17H2,1H3,(H,36,38)(H,37,39)/t25-/m0/s1. The Morgan fingerprint density at radius 1 is 0.951 bits per heavy atom. The van der Waals surface area contributed by atoms with E-state index in [1.807, 2.05) is 24.3 Å². The van der Waals surface area contributed by atoms with Gasteiger partial charge in [0.15, 0.2) is 5.76 Å². The first kappa shape index (κ1) is 29.5. The van der Waals surface area contributed by atoms with Gasteiger partial charge in [-0.05, 0) is 66.2 Å². The number of anilines is 1. The zero-order valence-electron chi connectivity index (χ0n) is 21.9. The molecule has 0 aliphatic heterocycles. The highest BCUT2D eigenvalue weighted by Gasteiger charge is 2.31. The molecule has 0 radical (unpaired) electrons. The second kappa shape index (κ2) is 13.3. The highest BCUT2D eigenvalue weighted by atomic mass is 35.5. The summed E-state index contributed by atoms with van der Waals surface area (Å²) >= 11 is 6.10. The Morgan fingerprint density at radius 2 is 1.71 bits per heavy atom. The molecule has 2 amide bonds. The molecule has 4 aromatic rings. The van der Waals surface area contributed by atoms with E-state index < -0.39 is 29.6 Å². The fourth-order valence-corrected chi connectivity index (χ4v) is 4.24. The molecule has 0 saturated heterocycles. The smallest absolute Gasteiger partial charge is 0.416 e. The number of nitrogens with one attached hydrogen (secondary N) is 3. The average Bonchev–Trinajstić information content (AvgIpc) is 3.46. The van der Waals surface area contributed by atoms with Crippen molar-refractivity contribution in [2.45, 2.75) is 18.6 Å². The normalized spacial score (nSPS) is 11.9. The molecule has 1 heterocycles. The van der Waals surface area contributed by atoms with Crippen molar-refractivity contribution in [3.63, 3.8) is 0 Å². The van der Waals surface area contributed by atoms with Gasteiger partial charge in [0.05, 0.1) is 12.7 Å². The first-order valence-corrected chi connectivity index (χ1v) is 13.0. The van der Waals surface area contributed by atoms with Crippen LogP contribution in [0.3, 0.4) is 0 Å². The Labute approximate surface area is 239 Å². The zero-order valence-corrected chi connectivity index (χ0v) is 22.7. The van der Waals surface area contributed by atoms with E-state index in [4.69, 9.17) is 20.8 Å². The summed E-state index contributed by atoms with van der Waals surface area (Å²) in [7, 11) is 1.58. The molecule has 214 valence electrons. The maximum Gasteiger partial charge on any atom is 0.416 e. The molecule has 0 unspecified atom stereocenters. The quantitative estimate of drug-likeness (QED) is 0.182. The van der Waals surface area contributed by atoms with Crippen molar-refractivity contribution in [1.29, 1.82) is 0 Å². The van der Waals surface area contributed by atoms with Crippen LogP contribution in [0, 0.1) is 0 Å². The first-order chi connectivity index (χ1) is 19.6. The van der Waals surface area contributed by atoms with E-state index in [0.717, 1.165) is 29.1 Å². The second-order valence-electron chi connectivity index (χ2n) is 9.05. The van der Waals surface area contributed by atoms with Crippen molar-refractivity contribution < 1.29 is 31.9 Å². The number of hydrogen-bond donors (Lipinski definition) is 3. The van der Waals surface area contributed by atoms with E-state index in [2.05, 4.69) is 16.0 Å². The van der Waals surface area contributed by atoms with Crippen LogP contribution in [0.2, 0.25) is 5.02 Å². The molecule has 0 spiro atoms. The molecular weight excluding hydrogens is 559 g/mol. The number of alkyl halides is 3. The lowest BCUT2D eigenvalue weighted by Gasteiger charge is -2.18. The third-order valence-electron chi connectivity index (χ3n) is 6.10. The summed E-state index contributed by atoms with van der Waals surface area (Å²) in [6.07, 6.45) is -4.38. The van der Waals surface area contributed by atoms with Gasteiger partial charge in [-0.3, -0.25) is 9.59 Å². The summed E-state index contributed by atoms with van der Waals surface area (Å²) in [5.41, 5.74) is 0.894. The molecule has 41 heavy (non-hydrogen) atoms. The molecule has 3 aromatic carbocycles. The number of amides is 2. The van der Waals surface area contributed by atoms with E-state index in [-0.39, 0.29) is 30.0 Å². The van der Waals surface area contributed by atoms with Crippen molar-refractivity contribution in [1.82, 2.24) is 10.6 Å². The third kappa shape index (κ3) is 8.28. The predicted molar refractivity (Wildman–Crippen MR) is 150 cm³/mol. The number of hydrogen-bond acceptors (Lipinski definition) is 5. The molecule has 11 heteroatoms. The fourth-order valence-electron chi connectivity index (χ4n) is 4.03. The highest BCUT2D eigenvalue weighted by molar-refractivity contribution is 6.30. The summed E-state index contributed by atoms with van der Waals surface area (Å²) in [5, 5.41) is 9.14. The van der Waals surface area contributed by atoms with Crippen LogP contribution in [-0.4, -0.2) is 38.1 Å². The van der Waals surface area contributed by atoms with Crippen molar-refractivity contribution in [2.24, 2.45) is 0 Å². The van der Waals surface area contributed by atoms with Gasteiger partial charge < -0.3 is 25.1 Å². The third-order valence-corrected chi connectivity index (χ3v) is 6.33. The number of rotatable bonds is 11. The fraction of sp³-hybridized carbons (Fsp3) is 0.200. The molecule has 7 nitrogen and oxygen atoms in total. The largest absolute Gasteiger partial charge is 0.497 e. The SMILES string of the molecule is COc1ccc(NCCNC(=O)[C@H](Cc2cccc(Cl)c2)NC(=O)c2ccc(-c3cccc(C(F)(F)F)c3)o2)cc1. The minimum atomic E-state index is -4.52. The Kier molecular flexibility index (Phi) is 9.57. The van der Waals surface area contributed by atoms with Gasteiger partial charge in [0, 0.05) is 35.8 Å². The predicted octanol–water partition coefficient (Wildman–Crippen LogP) is 6.20. The molecule has 0 fully saturated rings. The van der Waals surface area contributed by atoms with Crippen LogP contribution >= 0.6 is 11.6 Å². The molecule has 4 rings (SSSR count). The molecule has 0 saturated carbocycles. The van der Waals surface area contributed by atoms with E-state index in [1.165, 1.54) is 24.3 Å². The number of methoxy groups -OCH3 is 1. The Morgan fingerprint density at radius 3 is 2.41 bits per heavy atom. The number of carbonyl (C=O) groups is 2. The Hall–Kier alpha value is -4.44. The van der Waals surface area contributed by atoms with Gasteiger partial charge in [-0.1, -0.05) is 35.9 Å². The van der Waals surface area contributed by atoms with Crippen molar-refractivity contribution in [2.75, 3.05) is 25.5 Å². The summed E-state index contributed by atoms with van der Waals surface area (Å²) in [5.74, 6) is -0.465. The number of halogens is 4. The lowest BCUT2D eigenvalue weighted by molar-refractivity contribution is -0.137. The zero-order chi connectivity index (χ0) is 29.4. The van der Waals surface area contributed by atoms with Crippen LogP contribution in [-0.2, 0) is 17.4 Å². The summed E-state index contributed by atoms with van der Waals surface area (Å²) in [6.45, 7) is 0.696. The molecular formula is C30H27ClF3N3O4. The first-order valence-electron chi connectivity index (χ1n) is 12.6. The van der Waals surface area contributed by atoms with Crippen LogP contribution in [0.1, 0.15) is 21.7 Å². The van der Waals surface area contributed by atoms with Crippen LogP contribution in [0.4, 0.5) is 18.9 Å². The summed E-state index contributed by atoms with van der Waals surface area (Å²) in [6, 6.07) is 20.6. The van der Waals surface area contributed by atoms with Crippen molar-refractivity contribution >= 4 is 29.1 Å². The molecule has 0 aliphatic carbocycles. The number of carbonyl (C=O) groups excluding carboxylic acids is 2. The molecule has 3 N–H and O–H groups in total. The van der Waals surface area contributed by atoms with Gasteiger partial charge in [-0.2, -0.15) is 13.2 Å². The number of furan rings is 1. The monoisotopic (exact) mass is 585 g/mol. The maximum atomic E-state index is 13.1. The van der Waals surface area contributed by atoms with Gasteiger partial charge in [0.25, 0.3) is 5.91 Å². The number of ether oxygens (including phenoxy) is 1. The Bertz CT molecular complexity index is 1490. The van der Waals surface area contributed by atoms with Gasteiger partial charge in [-0.25, -0.2) is 0 Å². The summed E-state index contributed by atoms with van der Waals surface area (Å²) < 4.78 is 50.0. The van der Waals surface area contributed by atoms with Gasteiger partial charge in [-0.15, -0.1) is 0 Å². The van der Waals surface area contributed by atoms with E-state index in [9.17, 15) is 22.8 Å². The van der Waals surface area contributed by atoms with Crippen LogP contribution in [0.5, 0.6) is 5.75 Å². The average molecular weight is 586 g/mol. The van der Waals surface area contributed by atoms with Crippen LogP contribution < -0.4 is 20.7 Å². The van der Waals surface area contributed by atoms with Gasteiger partial charge in [0.2, 0.25) is 5.91 Å². The van der Waals surface area contributed by atoms with Crippen LogP contribution in [0.15, 0.2) is 89.3 Å². The molecule has 0 aliphatic rings. The number of benzene rings is 3. The van der Waals surface area contributed by atoms with Gasteiger partial charge in [0.1, 0.15) is 17.6 Å². The maximum absolute atomic E-state index is 13.1. The highest BCUT2D eigenvalue weighted by Crippen LogP contribution is 2.32. The topological polar surface area (TPSA) is 92.6 Å². The lowest BCUT2D eigenvalue weighted by atomic mass is 10.0. The van der Waals surface area contributed by atoms with Gasteiger partial charge >= 0.3 is 6.18 Å². The van der Waals surface area contributed by atoms with E-state index in [1.54, 1.807) is 31.4 Å². The summed E-state index contributed by atoms with van der Waals surface area (Å²) in [4.78, 5) is 26.2. The van der Waals surface area contributed by atoms with Crippen LogP contribution in [0.25, 0.3) is 11.3 Å². The second-order valence-corrected chi connectivity index (χ2v) is 9.49. The molecule has 1 atom stereocenters. The van der Waals surface area contributed by atoms with E-state index >= 15 is 0 Å². The van der Waals surface area contributed by atoms with Crippen molar-refractivity contribution in [3.8, 4) is 17.1 Å². The molecule has 1 aromatic heterocycles. The van der Waals surface area contributed by atoms with E-state index in [0.29, 0.717) is 11.6 Å². The minimum Gasteiger partial charge on any atom is -0.497 e. The molecule has 0 bridgehead atoms. The minimum absolute atomic E-state index is 0.0849. The lowest BCUT2D eigenvalue weighted by Crippen LogP contribution is -2.48.